The Morgan fingerprint density at radius 1 is 1.50 bits per heavy atom. The van der Waals surface area contributed by atoms with Gasteiger partial charge >= 0.3 is 0 Å². The third-order valence-electron chi connectivity index (χ3n) is 1.76. The fourth-order valence-corrected chi connectivity index (χ4v) is 1.97. The van der Waals surface area contributed by atoms with Crippen LogP contribution >= 0.6 is 31.9 Å². The summed E-state index contributed by atoms with van der Waals surface area (Å²) in [5, 5.41) is 3.16. The van der Waals surface area contributed by atoms with Gasteiger partial charge in [-0.3, -0.25) is 4.40 Å². The summed E-state index contributed by atoms with van der Waals surface area (Å²) < 4.78 is 3.61. The first kappa shape index (κ1) is 9.92. The number of rotatable bonds is 2. The molecule has 74 valence electrons. The van der Waals surface area contributed by atoms with E-state index < -0.39 is 0 Å². The predicted molar refractivity (Wildman–Crippen MR) is 62.6 cm³/mol. The van der Waals surface area contributed by atoms with Crippen LogP contribution in [0.4, 0.5) is 5.82 Å². The van der Waals surface area contributed by atoms with E-state index in [0.717, 1.165) is 27.2 Å². The minimum Gasteiger partial charge on any atom is -0.367 e. The zero-order chi connectivity index (χ0) is 10.1. The van der Waals surface area contributed by atoms with Crippen LogP contribution in [0, 0.1) is 0 Å². The van der Waals surface area contributed by atoms with Crippen molar-refractivity contribution in [1.29, 1.82) is 0 Å². The Morgan fingerprint density at radius 2 is 2.29 bits per heavy atom. The van der Waals surface area contributed by atoms with Crippen LogP contribution in [0.15, 0.2) is 21.6 Å². The first-order valence-electron chi connectivity index (χ1n) is 4.15. The highest BCUT2D eigenvalue weighted by molar-refractivity contribution is 9.10. The average Bonchev–Trinajstić information content (AvgIpc) is 2.49. The molecule has 0 atom stereocenters. The van der Waals surface area contributed by atoms with Gasteiger partial charge in [-0.05, 0) is 38.8 Å². The Balaban J connectivity index is 2.68. The van der Waals surface area contributed by atoms with Gasteiger partial charge in [-0.15, -0.1) is 0 Å². The maximum atomic E-state index is 4.31. The van der Waals surface area contributed by atoms with E-state index in [9.17, 15) is 0 Å². The third kappa shape index (κ3) is 1.64. The lowest BCUT2D eigenvalue weighted by Crippen LogP contribution is -2.02. The van der Waals surface area contributed by atoms with E-state index in [1.807, 2.05) is 17.5 Å². The largest absolute Gasteiger partial charge is 0.367 e. The highest BCUT2D eigenvalue weighted by Crippen LogP contribution is 2.21. The second kappa shape index (κ2) is 3.86. The smallest absolute Gasteiger partial charge is 0.181 e. The van der Waals surface area contributed by atoms with Gasteiger partial charge in [0.25, 0.3) is 0 Å². The van der Waals surface area contributed by atoms with Crippen molar-refractivity contribution in [3.05, 3.63) is 21.6 Å². The zero-order valence-corrected chi connectivity index (χ0v) is 10.6. The van der Waals surface area contributed by atoms with E-state index >= 15 is 0 Å². The third-order valence-corrected chi connectivity index (χ3v) is 2.73. The number of nitrogens with one attached hydrogen (secondary N) is 1. The van der Waals surface area contributed by atoms with Gasteiger partial charge in [0, 0.05) is 12.7 Å². The molecule has 0 bridgehead atoms. The number of hydrogen-bond acceptors (Lipinski definition) is 3. The fourth-order valence-electron chi connectivity index (χ4n) is 1.22. The molecule has 0 saturated carbocycles. The molecule has 0 unspecified atom stereocenters. The molecule has 14 heavy (non-hydrogen) atoms. The number of fused-ring (bicyclic) bond motifs is 1. The summed E-state index contributed by atoms with van der Waals surface area (Å²) in [6.07, 6.45) is 3.62. The second-order valence-corrected chi connectivity index (χ2v) is 4.34. The number of anilines is 1. The summed E-state index contributed by atoms with van der Waals surface area (Å²) in [7, 11) is 0. The lowest BCUT2D eigenvalue weighted by molar-refractivity contribution is 1.06. The van der Waals surface area contributed by atoms with E-state index in [1.165, 1.54) is 0 Å². The molecule has 0 fully saturated rings. The van der Waals surface area contributed by atoms with Crippen molar-refractivity contribution in [2.24, 2.45) is 0 Å². The summed E-state index contributed by atoms with van der Waals surface area (Å²) in [6, 6.07) is 0. The van der Waals surface area contributed by atoms with Gasteiger partial charge in [-0.2, -0.15) is 0 Å². The van der Waals surface area contributed by atoms with Crippen LogP contribution in [0.1, 0.15) is 6.92 Å². The molecule has 6 heteroatoms. The lowest BCUT2D eigenvalue weighted by atomic mass is 10.6. The maximum Gasteiger partial charge on any atom is 0.181 e. The maximum absolute atomic E-state index is 4.31. The highest BCUT2D eigenvalue weighted by atomic mass is 79.9. The Hall–Kier alpha value is -0.620. The molecule has 2 aromatic rings. The minimum absolute atomic E-state index is 0.777. The van der Waals surface area contributed by atoms with Gasteiger partial charge in [0.1, 0.15) is 9.21 Å². The molecule has 1 N–H and O–H groups in total. The molecule has 4 nitrogen and oxygen atoms in total. The topological polar surface area (TPSA) is 42.2 Å². The SMILES string of the molecule is CCNc1nc(Br)cn2c(Br)cnc12. The van der Waals surface area contributed by atoms with Gasteiger partial charge < -0.3 is 5.32 Å². The normalized spacial score (nSPS) is 10.8. The molecule has 0 aromatic carbocycles. The quantitative estimate of drug-likeness (QED) is 0.925. The number of aromatic nitrogens is 3. The molecule has 0 saturated heterocycles. The highest BCUT2D eigenvalue weighted by Gasteiger charge is 2.07. The average molecular weight is 320 g/mol. The van der Waals surface area contributed by atoms with Crippen LogP contribution in [-0.4, -0.2) is 20.9 Å². The Bertz CT molecular complexity index is 466. The van der Waals surface area contributed by atoms with Crippen molar-refractivity contribution >= 4 is 43.3 Å². The predicted octanol–water partition coefficient (Wildman–Crippen LogP) is 2.69. The number of imidazole rings is 1. The molecule has 0 aliphatic heterocycles. The molecule has 2 aromatic heterocycles. The summed E-state index contributed by atoms with van der Waals surface area (Å²) in [4.78, 5) is 8.55. The van der Waals surface area contributed by atoms with E-state index in [1.54, 1.807) is 6.20 Å². The van der Waals surface area contributed by atoms with Crippen molar-refractivity contribution < 1.29 is 0 Å². The Morgan fingerprint density at radius 3 is 3.00 bits per heavy atom. The van der Waals surface area contributed by atoms with Crippen LogP contribution in [-0.2, 0) is 0 Å². The lowest BCUT2D eigenvalue weighted by Gasteiger charge is -2.04. The molecule has 2 heterocycles. The molecule has 0 radical (unpaired) electrons. The number of nitrogens with zero attached hydrogens (tertiary/aromatic N) is 3. The first-order chi connectivity index (χ1) is 6.72. The molecule has 0 amide bonds. The summed E-state index contributed by atoms with van der Waals surface area (Å²) >= 11 is 6.76. The zero-order valence-electron chi connectivity index (χ0n) is 7.46. The van der Waals surface area contributed by atoms with Crippen LogP contribution in [0.2, 0.25) is 0 Å². The van der Waals surface area contributed by atoms with Crippen molar-refractivity contribution in [3.8, 4) is 0 Å². The summed E-state index contributed by atoms with van der Waals surface area (Å²) in [5.41, 5.74) is 0.821. The van der Waals surface area contributed by atoms with Crippen molar-refractivity contribution in [3.63, 3.8) is 0 Å². The van der Waals surface area contributed by atoms with E-state index in [2.05, 4.69) is 47.1 Å². The van der Waals surface area contributed by atoms with Gasteiger partial charge in [-0.1, -0.05) is 0 Å². The van der Waals surface area contributed by atoms with Crippen LogP contribution < -0.4 is 5.32 Å². The molecule has 0 aliphatic rings. The van der Waals surface area contributed by atoms with Gasteiger partial charge in [0.15, 0.2) is 11.5 Å². The van der Waals surface area contributed by atoms with Gasteiger partial charge in [0.2, 0.25) is 0 Å². The Kier molecular flexibility index (Phi) is 2.73. The van der Waals surface area contributed by atoms with E-state index in [4.69, 9.17) is 0 Å². The standard InChI is InChI=1S/C8H8Br2N4/c1-2-11-7-8-12-3-6(10)14(8)4-5(9)13-7/h3-4H,2H2,1H3,(H,11,13). The van der Waals surface area contributed by atoms with Crippen molar-refractivity contribution in [2.45, 2.75) is 6.92 Å². The summed E-state index contributed by atoms with van der Waals surface area (Å²) in [5.74, 6) is 0.785. The molecule has 0 spiro atoms. The number of hydrogen-bond donors (Lipinski definition) is 1. The van der Waals surface area contributed by atoms with Crippen molar-refractivity contribution in [2.75, 3.05) is 11.9 Å². The number of halogens is 2. The van der Waals surface area contributed by atoms with Crippen LogP contribution in [0.25, 0.3) is 5.65 Å². The van der Waals surface area contributed by atoms with E-state index in [-0.39, 0.29) is 0 Å². The molecule has 2 rings (SSSR count). The fraction of sp³-hybridized carbons (Fsp3) is 0.250. The molecular formula is C8H8Br2N4. The Labute approximate surface area is 98.0 Å². The second-order valence-electron chi connectivity index (χ2n) is 2.72. The molecule has 0 aliphatic carbocycles. The monoisotopic (exact) mass is 318 g/mol. The molecular weight excluding hydrogens is 312 g/mol. The van der Waals surface area contributed by atoms with E-state index in [0.29, 0.717) is 0 Å². The van der Waals surface area contributed by atoms with Crippen LogP contribution in [0.5, 0.6) is 0 Å². The minimum atomic E-state index is 0.777. The summed E-state index contributed by atoms with van der Waals surface area (Å²) in [6.45, 7) is 2.85. The first-order valence-corrected chi connectivity index (χ1v) is 5.74. The van der Waals surface area contributed by atoms with Gasteiger partial charge in [0.05, 0.1) is 6.20 Å². The van der Waals surface area contributed by atoms with Gasteiger partial charge in [-0.25, -0.2) is 9.97 Å². The van der Waals surface area contributed by atoms with Crippen molar-refractivity contribution in [1.82, 2.24) is 14.4 Å². The van der Waals surface area contributed by atoms with Crippen LogP contribution in [0.3, 0.4) is 0 Å².